The lowest BCUT2D eigenvalue weighted by molar-refractivity contribution is -0.359. The molecule has 2 aliphatic rings. The molecular formula is C68H121NO13. The first-order valence-electron chi connectivity index (χ1n) is 33.2. The summed E-state index contributed by atoms with van der Waals surface area (Å²) in [7, 11) is 0. The summed E-state index contributed by atoms with van der Waals surface area (Å²) in [5, 5.41) is 87.2. The van der Waals surface area contributed by atoms with Crippen LogP contribution in [0.4, 0.5) is 0 Å². The number of unbranched alkanes of at least 4 members (excludes halogenated alkanes) is 30. The Morgan fingerprint density at radius 1 is 0.451 bits per heavy atom. The van der Waals surface area contributed by atoms with Crippen LogP contribution in [0.1, 0.15) is 258 Å². The Labute approximate surface area is 498 Å². The summed E-state index contributed by atoms with van der Waals surface area (Å²) in [4.78, 5) is 13.3. The minimum Gasteiger partial charge on any atom is -0.394 e. The van der Waals surface area contributed by atoms with Gasteiger partial charge in [-0.3, -0.25) is 4.79 Å². The molecule has 0 aromatic heterocycles. The molecule has 0 spiro atoms. The lowest BCUT2D eigenvalue weighted by Gasteiger charge is -2.46. The summed E-state index contributed by atoms with van der Waals surface area (Å²) in [5.74, 6) is -0.248. The molecule has 2 saturated heterocycles. The van der Waals surface area contributed by atoms with Gasteiger partial charge in [0.2, 0.25) is 5.91 Å². The molecule has 12 unspecified atom stereocenters. The molecule has 0 saturated carbocycles. The zero-order chi connectivity index (χ0) is 59.5. The fourth-order valence-electron chi connectivity index (χ4n) is 10.6. The number of hydrogen-bond acceptors (Lipinski definition) is 13. The van der Waals surface area contributed by atoms with Gasteiger partial charge in [0.15, 0.2) is 12.6 Å². The van der Waals surface area contributed by atoms with Gasteiger partial charge in [0.25, 0.3) is 0 Å². The van der Waals surface area contributed by atoms with Crippen LogP contribution in [0.25, 0.3) is 0 Å². The predicted octanol–water partition coefficient (Wildman–Crippen LogP) is 12.7. The van der Waals surface area contributed by atoms with E-state index >= 15 is 0 Å². The third kappa shape index (κ3) is 37.1. The molecule has 2 fully saturated rings. The molecule has 82 heavy (non-hydrogen) atoms. The monoisotopic (exact) mass is 1160 g/mol. The van der Waals surface area contributed by atoms with Crippen molar-refractivity contribution < 1.29 is 64.6 Å². The first kappa shape index (κ1) is 75.5. The Morgan fingerprint density at radius 3 is 1.34 bits per heavy atom. The Morgan fingerprint density at radius 2 is 0.854 bits per heavy atom. The van der Waals surface area contributed by atoms with Crippen LogP contribution in [0.5, 0.6) is 0 Å². The molecule has 12 atom stereocenters. The van der Waals surface area contributed by atoms with Crippen molar-refractivity contribution in [2.24, 2.45) is 0 Å². The fourth-order valence-corrected chi connectivity index (χ4v) is 10.6. The first-order chi connectivity index (χ1) is 40.1. The molecule has 1 amide bonds. The number of nitrogens with one attached hydrogen (secondary N) is 1. The summed E-state index contributed by atoms with van der Waals surface area (Å²) >= 11 is 0. The molecule has 9 N–H and O–H groups in total. The maximum atomic E-state index is 13.3. The molecule has 476 valence electrons. The van der Waals surface area contributed by atoms with Crippen molar-refractivity contribution in [3.63, 3.8) is 0 Å². The Hall–Kier alpha value is -2.57. The van der Waals surface area contributed by atoms with Crippen LogP contribution < -0.4 is 5.32 Å². The second kappa shape index (κ2) is 52.7. The standard InChI is InChI=1S/C68H121NO13/c1-3-5-7-9-11-13-15-17-19-20-21-22-23-24-25-26-27-28-29-30-31-32-33-34-35-36-38-40-42-44-46-48-50-52-60(73)69-56(57(72)51-49-47-45-43-41-39-37-18-16-14-12-10-8-6-4-2)55-79-67-65(78)63(76)66(59(54-71)81-67)82-68-64(77)62(75)61(74)58(53-70)80-68/h5,7,11,13,17,19,21-22,41,43,49,51,56-59,61-68,70-72,74-78H,3-4,6,8-10,12,14-16,18,20,23-40,42,44-48,50,52-55H2,1-2H3,(H,69,73)/b7-5-,13-11-,19-17-,22-21-,43-41+,51-49+. The van der Waals surface area contributed by atoms with Crippen molar-refractivity contribution in [3.05, 3.63) is 72.9 Å². The highest BCUT2D eigenvalue weighted by Crippen LogP contribution is 2.30. The number of aliphatic hydroxyl groups excluding tert-OH is 8. The van der Waals surface area contributed by atoms with Gasteiger partial charge in [-0.2, -0.15) is 0 Å². The van der Waals surface area contributed by atoms with Crippen LogP contribution >= 0.6 is 0 Å². The van der Waals surface area contributed by atoms with Gasteiger partial charge in [-0.15, -0.1) is 0 Å². The van der Waals surface area contributed by atoms with Crippen molar-refractivity contribution >= 4 is 5.91 Å². The summed E-state index contributed by atoms with van der Waals surface area (Å²) in [6.07, 6.45) is 53.9. The molecule has 0 aliphatic carbocycles. The smallest absolute Gasteiger partial charge is 0.220 e. The number of carbonyl (C=O) groups excluding carboxylic acids is 1. The first-order valence-corrected chi connectivity index (χ1v) is 33.2. The highest BCUT2D eigenvalue weighted by Gasteiger charge is 2.51. The van der Waals surface area contributed by atoms with E-state index in [1.165, 1.54) is 167 Å². The van der Waals surface area contributed by atoms with Gasteiger partial charge in [0, 0.05) is 6.42 Å². The molecule has 0 aromatic carbocycles. The van der Waals surface area contributed by atoms with Crippen LogP contribution in [0.3, 0.4) is 0 Å². The van der Waals surface area contributed by atoms with E-state index in [9.17, 15) is 45.6 Å². The van der Waals surface area contributed by atoms with Crippen LogP contribution in [-0.4, -0.2) is 140 Å². The molecule has 0 bridgehead atoms. The molecular weight excluding hydrogens is 1040 g/mol. The van der Waals surface area contributed by atoms with Crippen molar-refractivity contribution in [2.75, 3.05) is 19.8 Å². The zero-order valence-electron chi connectivity index (χ0n) is 51.5. The number of rotatable bonds is 53. The van der Waals surface area contributed by atoms with E-state index in [1.807, 2.05) is 6.08 Å². The maximum Gasteiger partial charge on any atom is 0.220 e. The second-order valence-corrected chi connectivity index (χ2v) is 23.2. The molecule has 0 radical (unpaired) electrons. The summed E-state index contributed by atoms with van der Waals surface area (Å²) in [6, 6.07) is -0.932. The van der Waals surface area contributed by atoms with Crippen molar-refractivity contribution in [1.29, 1.82) is 0 Å². The summed E-state index contributed by atoms with van der Waals surface area (Å²) < 4.78 is 22.8. The summed E-state index contributed by atoms with van der Waals surface area (Å²) in [5.41, 5.74) is 0. The Bertz CT molecular complexity index is 1650. The molecule has 2 rings (SSSR count). The zero-order valence-corrected chi connectivity index (χ0v) is 51.5. The molecule has 0 aromatic rings. The van der Waals surface area contributed by atoms with E-state index in [0.29, 0.717) is 12.8 Å². The number of allylic oxidation sites excluding steroid dienone is 11. The molecule has 14 heteroatoms. The molecule has 14 nitrogen and oxygen atoms in total. The Balaban J connectivity index is 1.64. The largest absolute Gasteiger partial charge is 0.394 e. The van der Waals surface area contributed by atoms with Gasteiger partial charge in [0.1, 0.15) is 48.8 Å². The lowest BCUT2D eigenvalue weighted by atomic mass is 9.97. The van der Waals surface area contributed by atoms with E-state index < -0.39 is 86.8 Å². The van der Waals surface area contributed by atoms with E-state index in [4.69, 9.17) is 18.9 Å². The van der Waals surface area contributed by atoms with Gasteiger partial charge in [0.05, 0.1) is 32.0 Å². The Kier molecular flexibility index (Phi) is 48.6. The number of carbonyl (C=O) groups is 1. The van der Waals surface area contributed by atoms with Gasteiger partial charge < -0.3 is 65.1 Å². The van der Waals surface area contributed by atoms with Gasteiger partial charge in [-0.1, -0.05) is 254 Å². The molecule has 2 aliphatic heterocycles. The number of aliphatic hydroxyl groups is 8. The topological polar surface area (TPSA) is 228 Å². The minimum absolute atomic E-state index is 0.248. The van der Waals surface area contributed by atoms with Crippen molar-refractivity contribution in [1.82, 2.24) is 5.32 Å². The van der Waals surface area contributed by atoms with Crippen LogP contribution in [0, 0.1) is 0 Å². The molecule has 2 heterocycles. The second-order valence-electron chi connectivity index (χ2n) is 23.2. The summed E-state index contributed by atoms with van der Waals surface area (Å²) in [6.45, 7) is 2.67. The van der Waals surface area contributed by atoms with E-state index in [1.54, 1.807) is 6.08 Å². The fraction of sp³-hybridized carbons (Fsp3) is 0.809. The van der Waals surface area contributed by atoms with Crippen LogP contribution in [-0.2, 0) is 23.7 Å². The maximum absolute atomic E-state index is 13.3. The van der Waals surface area contributed by atoms with E-state index in [2.05, 4.69) is 79.9 Å². The minimum atomic E-state index is -1.79. The van der Waals surface area contributed by atoms with Gasteiger partial charge in [-0.25, -0.2) is 0 Å². The predicted molar refractivity (Wildman–Crippen MR) is 332 cm³/mol. The number of ether oxygens (including phenoxy) is 4. The average molecular weight is 1160 g/mol. The third-order valence-electron chi connectivity index (χ3n) is 15.9. The van der Waals surface area contributed by atoms with Crippen LogP contribution in [0.15, 0.2) is 72.9 Å². The van der Waals surface area contributed by atoms with E-state index in [0.717, 1.165) is 57.8 Å². The van der Waals surface area contributed by atoms with Crippen LogP contribution in [0.2, 0.25) is 0 Å². The third-order valence-corrected chi connectivity index (χ3v) is 15.9. The SMILES string of the molecule is CC/C=C\C/C=C\C/C=C\C/C=C\CCCCCCCCCCCCCCCCCCCCCCC(=O)NC(COC1OC(CO)C(OC2OC(CO)C(O)C(O)C2O)C(O)C1O)C(O)/C=C/CC/C=C/CCCCCCCCCCC. The number of hydrogen-bond donors (Lipinski definition) is 9. The lowest BCUT2D eigenvalue weighted by Crippen LogP contribution is -2.65. The highest BCUT2D eigenvalue weighted by atomic mass is 16.7. The van der Waals surface area contributed by atoms with Crippen molar-refractivity contribution in [2.45, 2.75) is 331 Å². The van der Waals surface area contributed by atoms with Gasteiger partial charge in [-0.05, 0) is 70.6 Å². The van der Waals surface area contributed by atoms with Crippen molar-refractivity contribution in [3.8, 4) is 0 Å². The normalized spacial score (nSPS) is 24.4. The average Bonchev–Trinajstić information content (AvgIpc) is 3.60. The number of amides is 1. The highest BCUT2D eigenvalue weighted by molar-refractivity contribution is 5.76. The quantitative estimate of drug-likeness (QED) is 0.0204. The van der Waals surface area contributed by atoms with Gasteiger partial charge >= 0.3 is 0 Å². The van der Waals surface area contributed by atoms with E-state index in [-0.39, 0.29) is 18.9 Å².